The molecular weight excluding hydrogens is 540 g/mol. The van der Waals surface area contributed by atoms with Crippen molar-refractivity contribution in [2.45, 2.75) is 39.0 Å². The molecule has 0 bridgehead atoms. The van der Waals surface area contributed by atoms with Crippen molar-refractivity contribution in [1.29, 1.82) is 0 Å². The Bertz CT molecular complexity index is 1820. The lowest BCUT2D eigenvalue weighted by Gasteiger charge is -2.29. The van der Waals surface area contributed by atoms with Crippen LogP contribution >= 0.6 is 0 Å². The van der Waals surface area contributed by atoms with Crippen molar-refractivity contribution in [2.75, 3.05) is 19.7 Å². The number of rotatable bonds is 9. The first kappa shape index (κ1) is 28.4. The first-order chi connectivity index (χ1) is 21.0. The lowest BCUT2D eigenvalue weighted by Crippen LogP contribution is -2.45. The molecule has 2 heterocycles. The molecule has 1 aliphatic rings. The van der Waals surface area contributed by atoms with E-state index in [1.807, 2.05) is 85.8 Å². The van der Waals surface area contributed by atoms with E-state index in [4.69, 9.17) is 9.15 Å². The number of nitrogens with zero attached hydrogens (tertiary/aromatic N) is 2. The minimum Gasteiger partial charge on any atom is -0.464 e. The minimum atomic E-state index is -0.265. The molecule has 0 aliphatic carbocycles. The molecule has 1 aliphatic heterocycles. The third-order valence-electron chi connectivity index (χ3n) is 8.01. The van der Waals surface area contributed by atoms with Gasteiger partial charge in [0.15, 0.2) is 5.43 Å². The standard InChI is InChI=1S/C36H34N2O5/c1-25-16-17-33-32(19-25)35(40)28(24-43-33)21-37(20-26-9-3-2-4-10-26)34(39)23-38(22-29-13-8-18-42-29)36(41)31-15-7-12-27-11-5-6-14-30(27)31/h2-7,9-12,14-17,19,24,29H,8,13,18,20-23H2,1H3. The predicted octanol–water partition coefficient (Wildman–Crippen LogP) is 6.10. The van der Waals surface area contributed by atoms with E-state index in [0.29, 0.717) is 35.2 Å². The maximum atomic E-state index is 14.1. The van der Waals surface area contributed by atoms with Crippen LogP contribution in [0.5, 0.6) is 0 Å². The van der Waals surface area contributed by atoms with E-state index in [1.165, 1.54) is 6.26 Å². The van der Waals surface area contributed by atoms with Gasteiger partial charge in [-0.3, -0.25) is 14.4 Å². The second-order valence-electron chi connectivity index (χ2n) is 11.2. The number of amides is 2. The summed E-state index contributed by atoms with van der Waals surface area (Å²) >= 11 is 0. The maximum Gasteiger partial charge on any atom is 0.255 e. The maximum absolute atomic E-state index is 14.1. The van der Waals surface area contributed by atoms with Crippen molar-refractivity contribution in [1.82, 2.24) is 9.80 Å². The van der Waals surface area contributed by atoms with Crippen LogP contribution < -0.4 is 5.43 Å². The lowest BCUT2D eigenvalue weighted by molar-refractivity contribution is -0.133. The van der Waals surface area contributed by atoms with Crippen LogP contribution in [-0.4, -0.2) is 47.4 Å². The monoisotopic (exact) mass is 574 g/mol. The normalized spacial score (nSPS) is 14.7. The molecule has 0 saturated carbocycles. The highest BCUT2D eigenvalue weighted by molar-refractivity contribution is 6.07. The van der Waals surface area contributed by atoms with Gasteiger partial charge in [0.05, 0.1) is 29.9 Å². The Morgan fingerprint density at radius 2 is 1.65 bits per heavy atom. The molecule has 6 rings (SSSR count). The largest absolute Gasteiger partial charge is 0.464 e. The summed E-state index contributed by atoms with van der Waals surface area (Å²) < 4.78 is 11.7. The molecule has 7 nitrogen and oxygen atoms in total. The van der Waals surface area contributed by atoms with E-state index in [-0.39, 0.29) is 43.0 Å². The highest BCUT2D eigenvalue weighted by Crippen LogP contribution is 2.23. The molecule has 7 heteroatoms. The molecule has 4 aromatic carbocycles. The highest BCUT2D eigenvalue weighted by atomic mass is 16.5. The summed E-state index contributed by atoms with van der Waals surface area (Å²) in [6.45, 7) is 3.06. The molecule has 1 fully saturated rings. The SMILES string of the molecule is Cc1ccc2occ(CN(Cc3ccccc3)C(=O)CN(CC3CCCO3)C(=O)c3cccc4ccccc34)c(=O)c2c1. The van der Waals surface area contributed by atoms with Crippen molar-refractivity contribution in [2.24, 2.45) is 0 Å². The van der Waals surface area contributed by atoms with Gasteiger partial charge in [0.1, 0.15) is 12.1 Å². The van der Waals surface area contributed by atoms with Crippen molar-refractivity contribution in [3.63, 3.8) is 0 Å². The zero-order chi connectivity index (χ0) is 29.8. The Morgan fingerprint density at radius 3 is 2.47 bits per heavy atom. The smallest absolute Gasteiger partial charge is 0.255 e. The van der Waals surface area contributed by atoms with Gasteiger partial charge in [-0.25, -0.2) is 0 Å². The number of hydrogen-bond donors (Lipinski definition) is 0. The first-order valence-electron chi connectivity index (χ1n) is 14.7. The van der Waals surface area contributed by atoms with Crippen LogP contribution in [0.15, 0.2) is 106 Å². The van der Waals surface area contributed by atoms with Crippen molar-refractivity contribution < 1.29 is 18.7 Å². The van der Waals surface area contributed by atoms with E-state index in [1.54, 1.807) is 21.9 Å². The van der Waals surface area contributed by atoms with Crippen LogP contribution in [0.25, 0.3) is 21.7 Å². The molecule has 1 saturated heterocycles. The van der Waals surface area contributed by atoms with Gasteiger partial charge in [-0.15, -0.1) is 0 Å². The molecule has 0 radical (unpaired) electrons. The van der Waals surface area contributed by atoms with E-state index < -0.39 is 0 Å². The average Bonchev–Trinajstić information content (AvgIpc) is 3.55. The predicted molar refractivity (Wildman–Crippen MR) is 167 cm³/mol. The topological polar surface area (TPSA) is 80.1 Å². The highest BCUT2D eigenvalue weighted by Gasteiger charge is 2.28. The second-order valence-corrected chi connectivity index (χ2v) is 11.2. The third-order valence-corrected chi connectivity index (χ3v) is 8.01. The summed E-state index contributed by atoms with van der Waals surface area (Å²) in [5, 5.41) is 2.28. The molecule has 0 spiro atoms. The number of carbonyl (C=O) groups is 2. The summed E-state index contributed by atoms with van der Waals surface area (Å²) in [5.41, 5.74) is 3.13. The summed E-state index contributed by atoms with van der Waals surface area (Å²) in [6, 6.07) is 28.5. The van der Waals surface area contributed by atoms with Crippen LogP contribution in [0.4, 0.5) is 0 Å². The number of fused-ring (bicyclic) bond motifs is 2. The molecule has 5 aromatic rings. The van der Waals surface area contributed by atoms with Gasteiger partial charge in [-0.2, -0.15) is 0 Å². The Balaban J connectivity index is 1.33. The van der Waals surface area contributed by atoms with Gasteiger partial charge in [0, 0.05) is 25.3 Å². The fourth-order valence-corrected chi connectivity index (χ4v) is 5.73. The van der Waals surface area contributed by atoms with Crippen molar-refractivity contribution in [3.8, 4) is 0 Å². The zero-order valence-corrected chi connectivity index (χ0v) is 24.2. The Morgan fingerprint density at radius 1 is 0.860 bits per heavy atom. The molecule has 1 atom stereocenters. The average molecular weight is 575 g/mol. The number of aryl methyl sites for hydroxylation is 1. The van der Waals surface area contributed by atoms with Crippen LogP contribution in [0.3, 0.4) is 0 Å². The van der Waals surface area contributed by atoms with Gasteiger partial charge in [-0.05, 0) is 54.3 Å². The molecule has 43 heavy (non-hydrogen) atoms. The minimum absolute atomic E-state index is 0.0518. The number of benzene rings is 4. The Labute approximate surface area is 250 Å². The Hall–Kier alpha value is -4.75. The summed E-state index contributed by atoms with van der Waals surface area (Å²) in [4.78, 5) is 44.9. The molecule has 2 amide bonds. The lowest BCUT2D eigenvalue weighted by atomic mass is 10.0. The number of ether oxygens (including phenoxy) is 1. The Kier molecular flexibility index (Phi) is 8.34. The zero-order valence-electron chi connectivity index (χ0n) is 24.2. The van der Waals surface area contributed by atoms with Gasteiger partial charge >= 0.3 is 0 Å². The molecule has 218 valence electrons. The van der Waals surface area contributed by atoms with Crippen LogP contribution in [0.2, 0.25) is 0 Å². The fourth-order valence-electron chi connectivity index (χ4n) is 5.73. The third kappa shape index (κ3) is 6.37. The van der Waals surface area contributed by atoms with Gasteiger partial charge in [-0.1, -0.05) is 78.4 Å². The van der Waals surface area contributed by atoms with Crippen LogP contribution in [0.1, 0.15) is 39.9 Å². The van der Waals surface area contributed by atoms with Crippen molar-refractivity contribution >= 4 is 33.6 Å². The van der Waals surface area contributed by atoms with E-state index in [9.17, 15) is 14.4 Å². The van der Waals surface area contributed by atoms with Gasteiger partial charge < -0.3 is 19.0 Å². The summed E-state index contributed by atoms with van der Waals surface area (Å²) in [7, 11) is 0. The number of hydrogen-bond acceptors (Lipinski definition) is 5. The number of carbonyl (C=O) groups excluding carboxylic acids is 2. The quantitative estimate of drug-likeness (QED) is 0.212. The van der Waals surface area contributed by atoms with Gasteiger partial charge in [0.2, 0.25) is 5.91 Å². The second kappa shape index (κ2) is 12.6. The van der Waals surface area contributed by atoms with E-state index in [0.717, 1.165) is 34.7 Å². The molecule has 1 unspecified atom stereocenters. The molecular formula is C36H34N2O5. The molecule has 0 N–H and O–H groups in total. The van der Waals surface area contributed by atoms with Crippen LogP contribution in [-0.2, 0) is 22.6 Å². The van der Waals surface area contributed by atoms with E-state index in [2.05, 4.69) is 0 Å². The van der Waals surface area contributed by atoms with Crippen molar-refractivity contribution in [3.05, 3.63) is 130 Å². The van der Waals surface area contributed by atoms with Gasteiger partial charge in [0.25, 0.3) is 5.91 Å². The summed E-state index contributed by atoms with van der Waals surface area (Å²) in [5.74, 6) is -0.486. The van der Waals surface area contributed by atoms with E-state index >= 15 is 0 Å². The van der Waals surface area contributed by atoms with Crippen LogP contribution in [0, 0.1) is 6.92 Å². The summed E-state index contributed by atoms with van der Waals surface area (Å²) in [6.07, 6.45) is 3.06. The molecule has 1 aromatic heterocycles. The first-order valence-corrected chi connectivity index (χ1v) is 14.7. The fraction of sp³-hybridized carbons (Fsp3) is 0.250.